The quantitative estimate of drug-likeness (QED) is 0.181. The van der Waals surface area contributed by atoms with Gasteiger partial charge in [-0.25, -0.2) is 9.59 Å². The van der Waals surface area contributed by atoms with E-state index in [9.17, 15) is 24.0 Å². The van der Waals surface area contributed by atoms with E-state index in [1.807, 2.05) is 71.6 Å². The SMILES string of the molecule is CC(=O)N(c1ccc(Br)c(C)c1)C1CCN(C(=O)OC(C)(C)C)CC1.CC(=O)OC(C)=O.Cc1cc(NC2CCN(C(=O)OC(C)(C)C)CC2)ccc1Br. The van der Waals surface area contributed by atoms with Crippen LogP contribution in [0.15, 0.2) is 45.3 Å². The maximum Gasteiger partial charge on any atom is 0.410 e. The molecule has 2 aromatic rings. The minimum atomic E-state index is -0.562. The first-order valence-electron chi connectivity index (χ1n) is 18.2. The van der Waals surface area contributed by atoms with Crippen molar-refractivity contribution in [1.82, 2.24) is 9.80 Å². The van der Waals surface area contributed by atoms with Crippen molar-refractivity contribution < 1.29 is 38.2 Å². The van der Waals surface area contributed by atoms with Crippen molar-refractivity contribution in [2.45, 2.75) is 125 Å². The number of nitrogens with one attached hydrogen (secondary N) is 1. The molecule has 2 aromatic carbocycles. The third kappa shape index (κ3) is 16.8. The Bertz CT molecular complexity index is 1590. The monoisotopic (exact) mass is 880 g/mol. The van der Waals surface area contributed by atoms with E-state index in [1.165, 1.54) is 19.4 Å². The third-order valence-electron chi connectivity index (χ3n) is 8.20. The highest BCUT2D eigenvalue weighted by molar-refractivity contribution is 9.10. The second-order valence-corrected chi connectivity index (χ2v) is 17.2. The summed E-state index contributed by atoms with van der Waals surface area (Å²) >= 11 is 7.01. The molecule has 2 heterocycles. The molecule has 0 bridgehead atoms. The fourth-order valence-electron chi connectivity index (χ4n) is 5.77. The standard InChI is InChI=1S/C19H27BrN2O3.C17H25BrN2O2.C4H6O3/c1-13-12-16(6-7-17(13)20)22(14(2)23)15-8-10-21(11-9-15)18(24)25-19(3,4)5;1-12-11-14(5-6-15(12)18)19-13-7-9-20(10-8-13)16(21)22-17(2,3)4;1-3(5)7-4(2)6/h6-7,12,15H,8-11H2,1-5H3;5-6,11,13,19H,7-10H2,1-4H3;1-2H3. The lowest BCUT2D eigenvalue weighted by molar-refractivity contribution is -0.156. The van der Waals surface area contributed by atoms with Gasteiger partial charge in [0.05, 0.1) is 0 Å². The van der Waals surface area contributed by atoms with Crippen LogP contribution in [-0.4, -0.2) is 89.3 Å². The molecule has 0 saturated carbocycles. The zero-order chi connectivity index (χ0) is 41.0. The van der Waals surface area contributed by atoms with Crippen LogP contribution in [0.25, 0.3) is 0 Å². The molecular formula is C40H58Br2N4O8. The van der Waals surface area contributed by atoms with Crippen molar-refractivity contribution >= 4 is 73.3 Å². The second-order valence-electron chi connectivity index (χ2n) is 15.5. The van der Waals surface area contributed by atoms with Gasteiger partial charge in [-0.1, -0.05) is 31.9 Å². The Hall–Kier alpha value is -3.65. The molecule has 2 aliphatic heterocycles. The molecule has 14 heteroatoms. The lowest BCUT2D eigenvalue weighted by Gasteiger charge is -2.38. The number of nitrogens with zero attached hydrogens (tertiary/aromatic N) is 3. The molecule has 2 aliphatic rings. The van der Waals surface area contributed by atoms with Crippen molar-refractivity contribution in [3.63, 3.8) is 0 Å². The molecule has 0 atom stereocenters. The number of amides is 3. The first kappa shape index (κ1) is 46.5. The summed E-state index contributed by atoms with van der Waals surface area (Å²) in [5.41, 5.74) is 3.43. The van der Waals surface area contributed by atoms with Gasteiger partial charge in [0, 0.05) is 79.4 Å². The molecule has 54 heavy (non-hydrogen) atoms. The molecule has 2 saturated heterocycles. The van der Waals surface area contributed by atoms with Gasteiger partial charge >= 0.3 is 24.1 Å². The smallest absolute Gasteiger partial charge is 0.410 e. The Labute approximate surface area is 337 Å². The first-order valence-corrected chi connectivity index (χ1v) is 19.8. The summed E-state index contributed by atoms with van der Waals surface area (Å²) in [7, 11) is 0. The van der Waals surface area contributed by atoms with Crippen LogP contribution in [0, 0.1) is 13.8 Å². The van der Waals surface area contributed by atoms with E-state index in [2.05, 4.69) is 67.0 Å². The van der Waals surface area contributed by atoms with Crippen LogP contribution in [-0.2, 0) is 28.6 Å². The molecule has 300 valence electrons. The number of hydrogen-bond donors (Lipinski definition) is 1. The van der Waals surface area contributed by atoms with Gasteiger partial charge in [-0.2, -0.15) is 0 Å². The summed E-state index contributed by atoms with van der Waals surface area (Å²) in [5.74, 6) is -1.10. The summed E-state index contributed by atoms with van der Waals surface area (Å²) in [6.45, 7) is 22.0. The van der Waals surface area contributed by atoms with Crippen LogP contribution < -0.4 is 10.2 Å². The van der Waals surface area contributed by atoms with Crippen LogP contribution in [0.2, 0.25) is 0 Å². The number of carbonyl (C=O) groups excluding carboxylic acids is 5. The topological polar surface area (TPSA) is 135 Å². The molecule has 0 aromatic heterocycles. The Kier molecular flexibility index (Phi) is 18.0. The van der Waals surface area contributed by atoms with Crippen LogP contribution in [0.4, 0.5) is 21.0 Å². The van der Waals surface area contributed by atoms with Gasteiger partial charge in [-0.05, 0) is 129 Å². The number of halogens is 2. The number of benzene rings is 2. The Morgan fingerprint density at radius 2 is 1.11 bits per heavy atom. The maximum atomic E-state index is 12.3. The summed E-state index contributed by atoms with van der Waals surface area (Å²) in [6.07, 6.45) is 2.88. The molecule has 12 nitrogen and oxygen atoms in total. The van der Waals surface area contributed by atoms with E-state index in [4.69, 9.17) is 9.47 Å². The van der Waals surface area contributed by atoms with Gasteiger partial charge in [0.1, 0.15) is 11.2 Å². The zero-order valence-electron chi connectivity index (χ0n) is 33.6. The molecule has 0 spiro atoms. The fraction of sp³-hybridized carbons (Fsp3) is 0.575. The Morgan fingerprint density at radius 3 is 1.48 bits per heavy atom. The molecular weight excluding hydrogens is 824 g/mol. The highest BCUT2D eigenvalue weighted by Crippen LogP contribution is 2.29. The number of piperidine rings is 2. The number of likely N-dealkylation sites (tertiary alicyclic amines) is 2. The van der Waals surface area contributed by atoms with Crippen molar-refractivity contribution in [3.05, 3.63) is 56.5 Å². The first-order chi connectivity index (χ1) is 25.0. The summed E-state index contributed by atoms with van der Waals surface area (Å²) in [4.78, 5) is 61.5. The number of hydrogen-bond acceptors (Lipinski definition) is 9. The van der Waals surface area contributed by atoms with E-state index in [0.29, 0.717) is 19.1 Å². The Balaban J connectivity index is 0.000000320. The van der Waals surface area contributed by atoms with Crippen LogP contribution in [0.3, 0.4) is 0 Å². The van der Waals surface area contributed by atoms with Crippen molar-refractivity contribution in [2.75, 3.05) is 36.4 Å². The van der Waals surface area contributed by atoms with Gasteiger partial charge in [0.25, 0.3) is 0 Å². The number of ether oxygens (including phenoxy) is 3. The van der Waals surface area contributed by atoms with E-state index in [0.717, 1.165) is 64.7 Å². The van der Waals surface area contributed by atoms with Gasteiger partial charge < -0.3 is 34.2 Å². The van der Waals surface area contributed by atoms with Gasteiger partial charge in [0.2, 0.25) is 5.91 Å². The number of aryl methyl sites for hydroxylation is 2. The van der Waals surface area contributed by atoms with Gasteiger partial charge in [-0.15, -0.1) is 0 Å². The molecule has 2 fully saturated rings. The minimum absolute atomic E-state index is 0.0254. The molecule has 0 aliphatic carbocycles. The highest BCUT2D eigenvalue weighted by Gasteiger charge is 2.31. The number of carbonyl (C=O) groups is 5. The summed E-state index contributed by atoms with van der Waals surface area (Å²) in [6, 6.07) is 12.7. The average molecular weight is 883 g/mol. The summed E-state index contributed by atoms with van der Waals surface area (Å²) in [5, 5.41) is 3.56. The van der Waals surface area contributed by atoms with Gasteiger partial charge in [0.15, 0.2) is 0 Å². The van der Waals surface area contributed by atoms with Crippen molar-refractivity contribution in [2.24, 2.45) is 0 Å². The largest absolute Gasteiger partial charge is 0.444 e. The van der Waals surface area contributed by atoms with Crippen molar-refractivity contribution in [1.29, 1.82) is 0 Å². The fourth-order valence-corrected chi connectivity index (χ4v) is 6.26. The van der Waals surface area contributed by atoms with E-state index in [-0.39, 0.29) is 24.1 Å². The highest BCUT2D eigenvalue weighted by atomic mass is 79.9. The number of rotatable bonds is 4. The lowest BCUT2D eigenvalue weighted by Crippen LogP contribution is -2.49. The number of esters is 2. The second kappa shape index (κ2) is 20.9. The van der Waals surface area contributed by atoms with Crippen molar-refractivity contribution in [3.8, 4) is 0 Å². The van der Waals surface area contributed by atoms with Crippen LogP contribution in [0.5, 0.6) is 0 Å². The molecule has 0 radical (unpaired) electrons. The van der Waals surface area contributed by atoms with Crippen LogP contribution >= 0.6 is 31.9 Å². The maximum absolute atomic E-state index is 12.3. The molecule has 4 rings (SSSR count). The lowest BCUT2D eigenvalue weighted by atomic mass is 10.0. The summed E-state index contributed by atoms with van der Waals surface area (Å²) < 4.78 is 17.0. The zero-order valence-corrected chi connectivity index (χ0v) is 36.8. The van der Waals surface area contributed by atoms with E-state index >= 15 is 0 Å². The predicted molar refractivity (Wildman–Crippen MR) is 219 cm³/mol. The van der Waals surface area contributed by atoms with Crippen LogP contribution in [0.1, 0.15) is 99.1 Å². The van der Waals surface area contributed by atoms with E-state index < -0.39 is 23.1 Å². The van der Waals surface area contributed by atoms with E-state index in [1.54, 1.807) is 16.7 Å². The third-order valence-corrected chi connectivity index (χ3v) is 9.98. The minimum Gasteiger partial charge on any atom is -0.444 e. The number of anilines is 2. The Morgan fingerprint density at radius 1 is 0.685 bits per heavy atom. The normalized spacial score (nSPS) is 15.1. The average Bonchev–Trinajstić information content (AvgIpc) is 3.03. The van der Waals surface area contributed by atoms with Gasteiger partial charge in [-0.3, -0.25) is 14.4 Å². The molecule has 3 amide bonds. The predicted octanol–water partition coefficient (Wildman–Crippen LogP) is 9.17. The molecule has 1 N–H and O–H groups in total. The molecule has 0 unspecified atom stereocenters.